The van der Waals surface area contributed by atoms with Crippen LogP contribution in [0, 0.1) is 0 Å². The van der Waals surface area contributed by atoms with Crippen molar-refractivity contribution in [1.29, 1.82) is 0 Å². The molecule has 0 aliphatic carbocycles. The number of hydrogen-bond donors (Lipinski definition) is 0. The van der Waals surface area contributed by atoms with E-state index in [0.717, 1.165) is 22.2 Å². The number of thioether (sulfide) groups is 1. The molecule has 162 valence electrons. The van der Waals surface area contributed by atoms with Crippen LogP contribution in [0.25, 0.3) is 22.2 Å². The molecule has 0 saturated carbocycles. The van der Waals surface area contributed by atoms with Crippen molar-refractivity contribution < 1.29 is 13.9 Å². The van der Waals surface area contributed by atoms with Crippen LogP contribution in [-0.2, 0) is 6.42 Å². The van der Waals surface area contributed by atoms with Gasteiger partial charge in [-0.05, 0) is 49.9 Å². The van der Waals surface area contributed by atoms with E-state index in [2.05, 4.69) is 28.4 Å². The average molecular weight is 447 g/mol. The lowest BCUT2D eigenvalue weighted by Crippen LogP contribution is -2.49. The summed E-state index contributed by atoms with van der Waals surface area (Å²) in [5, 5.41) is 0.850. The number of benzene rings is 2. The van der Waals surface area contributed by atoms with Gasteiger partial charge in [0.2, 0.25) is 5.88 Å². The smallest absolute Gasteiger partial charge is 0.336 e. The normalized spacial score (nSPS) is 16.9. The van der Waals surface area contributed by atoms with E-state index in [1.807, 2.05) is 38.1 Å². The molecular weight excluding hydrogens is 424 g/mol. The highest BCUT2D eigenvalue weighted by Crippen LogP contribution is 2.37. The van der Waals surface area contributed by atoms with Crippen LogP contribution in [0.2, 0.25) is 0 Å². The molecule has 4 aromatic rings. The van der Waals surface area contributed by atoms with Crippen molar-refractivity contribution in [2.75, 3.05) is 6.26 Å². The second-order valence-electron chi connectivity index (χ2n) is 8.24. The van der Waals surface area contributed by atoms with Gasteiger partial charge in [0, 0.05) is 40.5 Å². The summed E-state index contributed by atoms with van der Waals surface area (Å²) in [5.41, 5.74) is 2.33. The van der Waals surface area contributed by atoms with Gasteiger partial charge in [0.1, 0.15) is 29.4 Å². The number of fused-ring (bicyclic) bond motifs is 2. The molecule has 0 fully saturated rings. The van der Waals surface area contributed by atoms with E-state index in [1.165, 1.54) is 17.3 Å². The lowest BCUT2D eigenvalue weighted by molar-refractivity contribution is -0.0287. The van der Waals surface area contributed by atoms with Crippen molar-refractivity contribution in [2.45, 2.75) is 36.9 Å². The van der Waals surface area contributed by atoms with Gasteiger partial charge in [-0.2, -0.15) is 0 Å². The predicted molar refractivity (Wildman–Crippen MR) is 125 cm³/mol. The van der Waals surface area contributed by atoms with Crippen LogP contribution in [-0.4, -0.2) is 27.9 Å². The van der Waals surface area contributed by atoms with Crippen LogP contribution in [0.3, 0.4) is 0 Å². The minimum atomic E-state index is -0.610. The molecule has 1 aliphatic heterocycles. The summed E-state index contributed by atoms with van der Waals surface area (Å²) in [5.74, 6) is 1.20. The maximum atomic E-state index is 11.6. The van der Waals surface area contributed by atoms with Crippen LogP contribution in [0.4, 0.5) is 0 Å². The molecule has 6 nitrogen and oxygen atoms in total. The van der Waals surface area contributed by atoms with Gasteiger partial charge in [-0.15, -0.1) is 11.8 Å². The first-order valence-corrected chi connectivity index (χ1v) is 11.5. The van der Waals surface area contributed by atoms with Crippen molar-refractivity contribution in [3.63, 3.8) is 0 Å². The molecule has 1 atom stereocenters. The average Bonchev–Trinajstić information content (AvgIpc) is 2.78. The summed E-state index contributed by atoms with van der Waals surface area (Å²) in [6.07, 6.45) is 3.95. The van der Waals surface area contributed by atoms with Crippen molar-refractivity contribution in [3.8, 4) is 22.9 Å². The molecule has 0 unspecified atom stereocenters. The standard InChI is InChI=1S/C25H22N2O4S/c1-25(2)22(11-17-10-16-6-9-24(28)29-20(16)13-21(17)31-25)30-23-12-19(26-14-27-23)15-4-7-18(32-3)8-5-15/h4-10,12-14,22H,11H2,1-3H3/t22-/m0/s1. The molecule has 0 radical (unpaired) electrons. The molecule has 0 saturated heterocycles. The summed E-state index contributed by atoms with van der Waals surface area (Å²) >= 11 is 1.70. The topological polar surface area (TPSA) is 74.5 Å². The molecule has 0 bridgehead atoms. The Bertz CT molecular complexity index is 1350. The van der Waals surface area contributed by atoms with Gasteiger partial charge in [0.25, 0.3) is 0 Å². The summed E-state index contributed by atoms with van der Waals surface area (Å²) in [4.78, 5) is 21.5. The van der Waals surface area contributed by atoms with E-state index in [4.69, 9.17) is 13.9 Å². The largest absolute Gasteiger partial charge is 0.484 e. The molecule has 0 amide bonds. The maximum absolute atomic E-state index is 11.6. The van der Waals surface area contributed by atoms with E-state index < -0.39 is 5.60 Å². The zero-order valence-corrected chi connectivity index (χ0v) is 18.8. The Hall–Kier alpha value is -3.32. The zero-order valence-electron chi connectivity index (χ0n) is 18.0. The molecule has 3 heterocycles. The lowest BCUT2D eigenvalue weighted by atomic mass is 9.90. The third kappa shape index (κ3) is 3.96. The molecule has 2 aromatic carbocycles. The summed E-state index contributed by atoms with van der Waals surface area (Å²) in [6, 6.07) is 17.0. The molecule has 32 heavy (non-hydrogen) atoms. The van der Waals surface area contributed by atoms with Gasteiger partial charge < -0.3 is 13.9 Å². The predicted octanol–water partition coefficient (Wildman–Crippen LogP) is 5.13. The molecular formula is C25H22N2O4S. The third-order valence-corrected chi connectivity index (χ3v) is 6.39. The molecule has 0 N–H and O–H groups in total. The van der Waals surface area contributed by atoms with Crippen LogP contribution >= 0.6 is 11.8 Å². The van der Waals surface area contributed by atoms with Gasteiger partial charge in [-0.25, -0.2) is 14.8 Å². The fourth-order valence-corrected chi connectivity index (χ4v) is 4.25. The van der Waals surface area contributed by atoms with Crippen LogP contribution < -0.4 is 15.1 Å². The van der Waals surface area contributed by atoms with Gasteiger partial charge in [-0.1, -0.05) is 12.1 Å². The van der Waals surface area contributed by atoms with Gasteiger partial charge in [0.15, 0.2) is 0 Å². The Morgan fingerprint density at radius 3 is 2.66 bits per heavy atom. The first-order chi connectivity index (χ1) is 15.4. The van der Waals surface area contributed by atoms with Gasteiger partial charge in [0.05, 0.1) is 5.69 Å². The number of ether oxygens (including phenoxy) is 2. The summed E-state index contributed by atoms with van der Waals surface area (Å²) < 4.78 is 17.9. The fraction of sp³-hybridized carbons (Fsp3) is 0.240. The van der Waals surface area contributed by atoms with E-state index >= 15 is 0 Å². The minimum Gasteiger partial charge on any atom is -0.484 e. The molecule has 0 spiro atoms. The molecule has 2 aromatic heterocycles. The maximum Gasteiger partial charge on any atom is 0.336 e. The van der Waals surface area contributed by atoms with Crippen molar-refractivity contribution in [3.05, 3.63) is 76.9 Å². The Balaban J connectivity index is 1.43. The fourth-order valence-electron chi connectivity index (χ4n) is 3.85. The van der Waals surface area contributed by atoms with E-state index in [-0.39, 0.29) is 11.7 Å². The third-order valence-electron chi connectivity index (χ3n) is 5.65. The van der Waals surface area contributed by atoms with Crippen LogP contribution in [0.5, 0.6) is 11.6 Å². The van der Waals surface area contributed by atoms with Crippen molar-refractivity contribution in [1.82, 2.24) is 9.97 Å². The van der Waals surface area contributed by atoms with E-state index in [0.29, 0.717) is 23.6 Å². The second-order valence-corrected chi connectivity index (χ2v) is 9.12. The first-order valence-electron chi connectivity index (χ1n) is 10.3. The highest BCUT2D eigenvalue weighted by Gasteiger charge is 2.39. The second kappa shape index (κ2) is 7.98. The molecule has 1 aliphatic rings. The van der Waals surface area contributed by atoms with Crippen molar-refractivity contribution in [2.24, 2.45) is 0 Å². The summed E-state index contributed by atoms with van der Waals surface area (Å²) in [6.45, 7) is 3.96. The Morgan fingerprint density at radius 1 is 1.06 bits per heavy atom. The van der Waals surface area contributed by atoms with E-state index in [9.17, 15) is 4.79 Å². The Morgan fingerprint density at radius 2 is 1.88 bits per heavy atom. The monoisotopic (exact) mass is 446 g/mol. The molecule has 5 rings (SSSR count). The van der Waals surface area contributed by atoms with Gasteiger partial charge >= 0.3 is 5.63 Å². The summed E-state index contributed by atoms with van der Waals surface area (Å²) in [7, 11) is 0. The number of nitrogens with zero attached hydrogens (tertiary/aromatic N) is 2. The highest BCUT2D eigenvalue weighted by atomic mass is 32.2. The first kappa shape index (κ1) is 20.6. The zero-order chi connectivity index (χ0) is 22.3. The Kier molecular flexibility index (Phi) is 5.13. The number of hydrogen-bond acceptors (Lipinski definition) is 7. The van der Waals surface area contributed by atoms with Crippen molar-refractivity contribution >= 4 is 22.7 Å². The molecule has 7 heteroatoms. The van der Waals surface area contributed by atoms with Crippen LogP contribution in [0.15, 0.2) is 75.0 Å². The van der Waals surface area contributed by atoms with Gasteiger partial charge in [-0.3, -0.25) is 0 Å². The minimum absolute atomic E-state index is 0.259. The number of rotatable bonds is 4. The quantitative estimate of drug-likeness (QED) is 0.318. The van der Waals surface area contributed by atoms with E-state index in [1.54, 1.807) is 23.9 Å². The number of aromatic nitrogens is 2. The highest BCUT2D eigenvalue weighted by molar-refractivity contribution is 7.98. The lowest BCUT2D eigenvalue weighted by Gasteiger charge is -2.39. The Labute approximate surface area is 189 Å². The van der Waals surface area contributed by atoms with Crippen LogP contribution in [0.1, 0.15) is 19.4 Å². The SMILES string of the molecule is CSc1ccc(-c2cc(O[C@H]3Cc4cc5ccc(=O)oc5cc4OC3(C)C)ncn2)cc1.